The van der Waals surface area contributed by atoms with Crippen molar-refractivity contribution in [3.8, 4) is 11.1 Å². The van der Waals surface area contributed by atoms with Gasteiger partial charge in [-0.25, -0.2) is 0 Å². The molecule has 1 nitrogen and oxygen atoms in total. The van der Waals surface area contributed by atoms with Crippen molar-refractivity contribution in [2.75, 3.05) is 0 Å². The fourth-order valence-electron chi connectivity index (χ4n) is 1.61. The molecular weight excluding hydrogens is 220 g/mol. The predicted octanol–water partition coefficient (Wildman–Crippen LogP) is 3.66. The van der Waals surface area contributed by atoms with Crippen LogP contribution in [0.3, 0.4) is 0 Å². The molecule has 2 aromatic rings. The first kappa shape index (κ1) is 10.9. The van der Waals surface area contributed by atoms with E-state index in [9.17, 15) is 4.79 Å². The minimum atomic E-state index is -0.326. The molecule has 0 aliphatic carbocycles. The molecule has 0 saturated heterocycles. The van der Waals surface area contributed by atoms with Gasteiger partial charge in [0.15, 0.2) is 0 Å². The minimum absolute atomic E-state index is 0.288. The van der Waals surface area contributed by atoms with Crippen molar-refractivity contribution in [3.05, 3.63) is 60.2 Å². The summed E-state index contributed by atoms with van der Waals surface area (Å²) >= 11 is 5.33. The topological polar surface area (TPSA) is 17.1 Å². The molecule has 0 unspecified atom stereocenters. The van der Waals surface area contributed by atoms with Gasteiger partial charge >= 0.3 is 0 Å². The van der Waals surface area contributed by atoms with Crippen LogP contribution in [-0.4, -0.2) is 5.24 Å². The molecule has 0 amide bonds. The van der Waals surface area contributed by atoms with Gasteiger partial charge in [0.25, 0.3) is 0 Å². The summed E-state index contributed by atoms with van der Waals surface area (Å²) in [5, 5.41) is -0.326. The van der Waals surface area contributed by atoms with E-state index in [4.69, 9.17) is 11.6 Å². The lowest BCUT2D eigenvalue weighted by Crippen LogP contribution is -1.92. The van der Waals surface area contributed by atoms with E-state index in [1.54, 1.807) is 0 Å². The maximum atomic E-state index is 10.7. The van der Waals surface area contributed by atoms with Crippen LogP contribution in [-0.2, 0) is 11.2 Å². The van der Waals surface area contributed by atoms with E-state index in [2.05, 4.69) is 12.1 Å². The molecule has 0 heterocycles. The maximum absolute atomic E-state index is 10.7. The maximum Gasteiger partial charge on any atom is 0.226 e. The second-order valence-corrected chi connectivity index (χ2v) is 4.02. The van der Waals surface area contributed by atoms with Crippen LogP contribution in [0.4, 0.5) is 0 Å². The zero-order chi connectivity index (χ0) is 11.4. The van der Waals surface area contributed by atoms with Crippen LogP contribution in [0.2, 0.25) is 0 Å². The first-order chi connectivity index (χ1) is 7.75. The molecule has 16 heavy (non-hydrogen) atoms. The summed E-state index contributed by atoms with van der Waals surface area (Å²) in [5.41, 5.74) is 3.26. The van der Waals surface area contributed by atoms with E-state index >= 15 is 0 Å². The van der Waals surface area contributed by atoms with Crippen molar-refractivity contribution in [1.29, 1.82) is 0 Å². The Morgan fingerprint density at radius 3 is 2.00 bits per heavy atom. The van der Waals surface area contributed by atoms with E-state index in [0.717, 1.165) is 11.1 Å². The number of hydrogen-bond donors (Lipinski definition) is 0. The smallest absolute Gasteiger partial charge is 0.226 e. The first-order valence-electron chi connectivity index (χ1n) is 5.08. The summed E-state index contributed by atoms with van der Waals surface area (Å²) in [6.07, 6.45) is 0.288. The average molecular weight is 231 g/mol. The van der Waals surface area contributed by atoms with E-state index in [1.165, 1.54) is 5.56 Å². The highest BCUT2D eigenvalue weighted by atomic mass is 35.5. The van der Waals surface area contributed by atoms with Gasteiger partial charge in [0.05, 0.1) is 0 Å². The molecule has 0 aliphatic rings. The van der Waals surface area contributed by atoms with Gasteiger partial charge in [0.2, 0.25) is 5.24 Å². The van der Waals surface area contributed by atoms with Crippen molar-refractivity contribution in [2.45, 2.75) is 6.42 Å². The number of rotatable bonds is 3. The van der Waals surface area contributed by atoms with Crippen molar-refractivity contribution in [3.63, 3.8) is 0 Å². The Kier molecular flexibility index (Phi) is 3.37. The molecular formula is C14H11ClO. The molecule has 0 fully saturated rings. The standard InChI is InChI=1S/C14H11ClO/c15-14(16)10-11-6-8-13(9-7-11)12-4-2-1-3-5-12/h1-9H,10H2. The third-order valence-corrected chi connectivity index (χ3v) is 2.54. The summed E-state index contributed by atoms with van der Waals surface area (Å²) in [7, 11) is 0. The lowest BCUT2D eigenvalue weighted by molar-refractivity contribution is -0.111. The third-order valence-electron chi connectivity index (χ3n) is 2.40. The van der Waals surface area contributed by atoms with Crippen LogP contribution in [0, 0.1) is 0 Å². The molecule has 0 N–H and O–H groups in total. The lowest BCUT2D eigenvalue weighted by atomic mass is 10.0. The molecule has 0 aliphatic heterocycles. The number of hydrogen-bond acceptors (Lipinski definition) is 1. The Bertz CT molecular complexity index is 474. The van der Waals surface area contributed by atoms with Crippen LogP contribution in [0.25, 0.3) is 11.1 Å². The summed E-state index contributed by atoms with van der Waals surface area (Å²) in [6.45, 7) is 0. The van der Waals surface area contributed by atoms with Gasteiger partial charge in [-0.05, 0) is 28.3 Å². The van der Waals surface area contributed by atoms with E-state index < -0.39 is 0 Å². The van der Waals surface area contributed by atoms with Crippen LogP contribution in [0.15, 0.2) is 54.6 Å². The van der Waals surface area contributed by atoms with Gasteiger partial charge in [-0.15, -0.1) is 0 Å². The Labute approximate surface area is 99.7 Å². The third kappa shape index (κ3) is 2.71. The lowest BCUT2D eigenvalue weighted by Gasteiger charge is -2.02. The average Bonchev–Trinajstić information content (AvgIpc) is 2.30. The Balaban J connectivity index is 2.23. The molecule has 2 aromatic carbocycles. The summed E-state index contributed by atoms with van der Waals surface area (Å²) in [6, 6.07) is 18.0. The second-order valence-electron chi connectivity index (χ2n) is 3.59. The van der Waals surface area contributed by atoms with Gasteiger partial charge in [-0.1, -0.05) is 54.6 Å². The van der Waals surface area contributed by atoms with Crippen molar-refractivity contribution < 1.29 is 4.79 Å². The van der Waals surface area contributed by atoms with Crippen LogP contribution in [0.1, 0.15) is 5.56 Å². The molecule has 0 bridgehead atoms. The van der Waals surface area contributed by atoms with Crippen molar-refractivity contribution in [2.24, 2.45) is 0 Å². The summed E-state index contributed by atoms with van der Waals surface area (Å²) in [4.78, 5) is 10.7. The largest absolute Gasteiger partial charge is 0.281 e. The van der Waals surface area contributed by atoms with Crippen LogP contribution < -0.4 is 0 Å². The van der Waals surface area contributed by atoms with E-state index in [1.807, 2.05) is 42.5 Å². The SMILES string of the molecule is O=C(Cl)Cc1ccc(-c2ccccc2)cc1. The predicted molar refractivity (Wildman–Crippen MR) is 66.4 cm³/mol. The van der Waals surface area contributed by atoms with Gasteiger partial charge in [0.1, 0.15) is 0 Å². The van der Waals surface area contributed by atoms with E-state index in [-0.39, 0.29) is 11.7 Å². The van der Waals surface area contributed by atoms with Crippen molar-refractivity contribution in [1.82, 2.24) is 0 Å². The highest BCUT2D eigenvalue weighted by Crippen LogP contribution is 2.19. The molecule has 0 spiro atoms. The Hall–Kier alpha value is -1.60. The van der Waals surface area contributed by atoms with E-state index in [0.29, 0.717) is 0 Å². The van der Waals surface area contributed by atoms with Crippen molar-refractivity contribution >= 4 is 16.8 Å². The zero-order valence-electron chi connectivity index (χ0n) is 8.69. The fourth-order valence-corrected chi connectivity index (χ4v) is 1.76. The van der Waals surface area contributed by atoms with Crippen LogP contribution in [0.5, 0.6) is 0 Å². The number of halogens is 1. The quantitative estimate of drug-likeness (QED) is 0.736. The zero-order valence-corrected chi connectivity index (χ0v) is 9.45. The Morgan fingerprint density at radius 2 is 1.44 bits per heavy atom. The number of benzene rings is 2. The molecule has 0 atom stereocenters. The second kappa shape index (κ2) is 4.95. The van der Waals surface area contributed by atoms with Gasteiger partial charge in [0, 0.05) is 6.42 Å². The van der Waals surface area contributed by atoms with Gasteiger partial charge in [-0.3, -0.25) is 4.79 Å². The molecule has 2 heteroatoms. The molecule has 2 rings (SSSR count). The minimum Gasteiger partial charge on any atom is -0.281 e. The fraction of sp³-hybridized carbons (Fsp3) is 0.0714. The Morgan fingerprint density at radius 1 is 0.875 bits per heavy atom. The van der Waals surface area contributed by atoms with Gasteiger partial charge in [-0.2, -0.15) is 0 Å². The highest BCUT2D eigenvalue weighted by molar-refractivity contribution is 6.63. The summed E-state index contributed by atoms with van der Waals surface area (Å²) < 4.78 is 0. The molecule has 0 aromatic heterocycles. The number of carbonyl (C=O) groups excluding carboxylic acids is 1. The molecule has 0 radical (unpaired) electrons. The highest BCUT2D eigenvalue weighted by Gasteiger charge is 2.00. The summed E-state index contributed by atoms with van der Waals surface area (Å²) in [5.74, 6) is 0. The number of carbonyl (C=O) groups is 1. The van der Waals surface area contributed by atoms with Crippen LogP contribution >= 0.6 is 11.6 Å². The monoisotopic (exact) mass is 230 g/mol. The molecule has 80 valence electrons. The normalized spacial score (nSPS) is 10.1. The first-order valence-corrected chi connectivity index (χ1v) is 5.46. The van der Waals surface area contributed by atoms with Gasteiger partial charge < -0.3 is 0 Å². The molecule has 0 saturated carbocycles.